The molecule has 1 fully saturated rings. The molecule has 4 nitrogen and oxygen atoms in total. The first-order chi connectivity index (χ1) is 8.72. The Morgan fingerprint density at radius 3 is 2.72 bits per heavy atom. The second kappa shape index (κ2) is 5.76. The van der Waals surface area contributed by atoms with E-state index in [4.69, 9.17) is 4.74 Å². The lowest BCUT2D eigenvalue weighted by Gasteiger charge is -2.19. The Balaban J connectivity index is 2.24. The van der Waals surface area contributed by atoms with E-state index in [1.807, 2.05) is 13.0 Å². The summed E-state index contributed by atoms with van der Waals surface area (Å²) in [5.41, 5.74) is 1.24. The second-order valence-electron chi connectivity index (χ2n) is 4.53. The van der Waals surface area contributed by atoms with Gasteiger partial charge in [0.15, 0.2) is 0 Å². The van der Waals surface area contributed by atoms with E-state index in [0.29, 0.717) is 12.4 Å². The molecule has 0 aliphatic carbocycles. The SMILES string of the molecule is CCCOc1ccc(N2CCCC2)cc1C(=O)O. The molecule has 0 aromatic heterocycles. The van der Waals surface area contributed by atoms with Gasteiger partial charge in [-0.25, -0.2) is 4.79 Å². The first-order valence-electron chi connectivity index (χ1n) is 6.47. The molecule has 1 aromatic carbocycles. The minimum atomic E-state index is -0.929. The monoisotopic (exact) mass is 249 g/mol. The van der Waals surface area contributed by atoms with Crippen molar-refractivity contribution in [3.05, 3.63) is 23.8 Å². The number of aromatic carboxylic acids is 1. The third-order valence-electron chi connectivity index (χ3n) is 3.13. The highest BCUT2D eigenvalue weighted by Crippen LogP contribution is 2.27. The van der Waals surface area contributed by atoms with E-state index >= 15 is 0 Å². The fourth-order valence-corrected chi connectivity index (χ4v) is 2.20. The highest BCUT2D eigenvalue weighted by molar-refractivity contribution is 5.92. The van der Waals surface area contributed by atoms with Crippen LogP contribution in [0.4, 0.5) is 5.69 Å². The number of anilines is 1. The largest absolute Gasteiger partial charge is 0.493 e. The quantitative estimate of drug-likeness (QED) is 0.871. The number of hydrogen-bond acceptors (Lipinski definition) is 3. The summed E-state index contributed by atoms with van der Waals surface area (Å²) in [7, 11) is 0. The lowest BCUT2D eigenvalue weighted by Crippen LogP contribution is -2.18. The highest BCUT2D eigenvalue weighted by Gasteiger charge is 2.17. The summed E-state index contributed by atoms with van der Waals surface area (Å²) in [5.74, 6) is -0.463. The van der Waals surface area contributed by atoms with Gasteiger partial charge in [-0.1, -0.05) is 6.92 Å². The number of hydrogen-bond donors (Lipinski definition) is 1. The zero-order chi connectivity index (χ0) is 13.0. The summed E-state index contributed by atoms with van der Waals surface area (Å²) in [5, 5.41) is 9.23. The van der Waals surface area contributed by atoms with E-state index in [1.54, 1.807) is 12.1 Å². The van der Waals surface area contributed by atoms with Crippen molar-refractivity contribution in [1.29, 1.82) is 0 Å². The van der Waals surface area contributed by atoms with Crippen molar-refractivity contribution in [2.45, 2.75) is 26.2 Å². The van der Waals surface area contributed by atoms with E-state index in [1.165, 1.54) is 12.8 Å². The number of carboxylic acid groups (broad SMARTS) is 1. The maximum atomic E-state index is 11.3. The van der Waals surface area contributed by atoms with Crippen molar-refractivity contribution in [3.8, 4) is 5.75 Å². The molecule has 2 rings (SSSR count). The van der Waals surface area contributed by atoms with Gasteiger partial charge in [0, 0.05) is 18.8 Å². The van der Waals surface area contributed by atoms with Crippen LogP contribution in [-0.2, 0) is 0 Å². The molecule has 1 heterocycles. The van der Waals surface area contributed by atoms with Gasteiger partial charge in [0.05, 0.1) is 6.61 Å². The standard InChI is InChI=1S/C14H19NO3/c1-2-9-18-13-6-5-11(10-12(13)14(16)17)15-7-3-4-8-15/h5-6,10H,2-4,7-9H2,1H3,(H,16,17). The van der Waals surface area contributed by atoms with Crippen molar-refractivity contribution >= 4 is 11.7 Å². The smallest absolute Gasteiger partial charge is 0.339 e. The normalized spacial score (nSPS) is 14.8. The topological polar surface area (TPSA) is 49.8 Å². The highest BCUT2D eigenvalue weighted by atomic mass is 16.5. The zero-order valence-electron chi connectivity index (χ0n) is 10.7. The van der Waals surface area contributed by atoms with Gasteiger partial charge in [0.25, 0.3) is 0 Å². The molecule has 0 bridgehead atoms. The van der Waals surface area contributed by atoms with E-state index in [-0.39, 0.29) is 5.56 Å². The summed E-state index contributed by atoms with van der Waals surface area (Å²) >= 11 is 0. The number of ether oxygens (including phenoxy) is 1. The molecule has 1 N–H and O–H groups in total. The van der Waals surface area contributed by atoms with Crippen molar-refractivity contribution in [2.24, 2.45) is 0 Å². The minimum Gasteiger partial charge on any atom is -0.493 e. The van der Waals surface area contributed by atoms with E-state index < -0.39 is 5.97 Å². The van der Waals surface area contributed by atoms with Gasteiger partial charge >= 0.3 is 5.97 Å². The Hall–Kier alpha value is -1.71. The predicted octanol–water partition coefficient (Wildman–Crippen LogP) is 2.77. The van der Waals surface area contributed by atoms with Crippen LogP contribution >= 0.6 is 0 Å². The van der Waals surface area contributed by atoms with E-state index in [0.717, 1.165) is 25.2 Å². The third kappa shape index (κ3) is 2.75. The lowest BCUT2D eigenvalue weighted by molar-refractivity contribution is 0.0692. The van der Waals surface area contributed by atoms with Gasteiger partial charge in [-0.05, 0) is 37.5 Å². The fourth-order valence-electron chi connectivity index (χ4n) is 2.20. The molecule has 0 unspecified atom stereocenters. The van der Waals surface area contributed by atoms with Gasteiger partial charge < -0.3 is 14.7 Å². The fraction of sp³-hybridized carbons (Fsp3) is 0.500. The summed E-state index contributed by atoms with van der Waals surface area (Å²) < 4.78 is 5.47. The molecule has 1 aliphatic heterocycles. The van der Waals surface area contributed by atoms with Crippen LogP contribution < -0.4 is 9.64 Å². The number of rotatable bonds is 5. The van der Waals surface area contributed by atoms with Crippen molar-refractivity contribution in [1.82, 2.24) is 0 Å². The number of benzene rings is 1. The Morgan fingerprint density at radius 2 is 2.11 bits per heavy atom. The number of nitrogens with zero attached hydrogens (tertiary/aromatic N) is 1. The Kier molecular flexibility index (Phi) is 4.07. The molecule has 1 saturated heterocycles. The van der Waals surface area contributed by atoms with E-state index in [2.05, 4.69) is 4.90 Å². The number of carbonyl (C=O) groups is 1. The van der Waals surface area contributed by atoms with Crippen LogP contribution in [0, 0.1) is 0 Å². The molecular weight excluding hydrogens is 230 g/mol. The maximum Gasteiger partial charge on any atom is 0.339 e. The van der Waals surface area contributed by atoms with Gasteiger partial charge in [-0.15, -0.1) is 0 Å². The van der Waals surface area contributed by atoms with Crippen molar-refractivity contribution < 1.29 is 14.6 Å². The summed E-state index contributed by atoms with van der Waals surface area (Å²) in [6.07, 6.45) is 3.22. The molecule has 18 heavy (non-hydrogen) atoms. The van der Waals surface area contributed by atoms with Gasteiger partial charge in [0.2, 0.25) is 0 Å². The zero-order valence-corrected chi connectivity index (χ0v) is 10.7. The minimum absolute atomic E-state index is 0.257. The van der Waals surface area contributed by atoms with Crippen LogP contribution in [0.5, 0.6) is 5.75 Å². The van der Waals surface area contributed by atoms with Crippen molar-refractivity contribution in [3.63, 3.8) is 0 Å². The maximum absolute atomic E-state index is 11.3. The Bertz CT molecular complexity index is 425. The molecule has 0 amide bonds. The molecule has 1 aliphatic rings. The molecule has 4 heteroatoms. The molecular formula is C14H19NO3. The first-order valence-corrected chi connectivity index (χ1v) is 6.47. The van der Waals surface area contributed by atoms with Gasteiger partial charge in [0.1, 0.15) is 11.3 Å². The summed E-state index contributed by atoms with van der Waals surface area (Å²) in [6.45, 7) is 4.56. The average Bonchev–Trinajstić information content (AvgIpc) is 2.90. The van der Waals surface area contributed by atoms with Crippen LogP contribution in [0.2, 0.25) is 0 Å². The average molecular weight is 249 g/mol. The van der Waals surface area contributed by atoms with Crippen LogP contribution in [0.3, 0.4) is 0 Å². The second-order valence-corrected chi connectivity index (χ2v) is 4.53. The molecule has 0 saturated carbocycles. The summed E-state index contributed by atoms with van der Waals surface area (Å²) in [6, 6.07) is 5.44. The molecule has 98 valence electrons. The first kappa shape index (κ1) is 12.7. The molecule has 0 radical (unpaired) electrons. The Morgan fingerprint density at radius 1 is 1.39 bits per heavy atom. The predicted molar refractivity (Wildman–Crippen MR) is 70.6 cm³/mol. The van der Waals surface area contributed by atoms with Crippen LogP contribution in [-0.4, -0.2) is 30.8 Å². The third-order valence-corrected chi connectivity index (χ3v) is 3.13. The molecule has 1 aromatic rings. The lowest BCUT2D eigenvalue weighted by atomic mass is 10.1. The van der Waals surface area contributed by atoms with Crippen LogP contribution in [0.25, 0.3) is 0 Å². The van der Waals surface area contributed by atoms with Gasteiger partial charge in [-0.3, -0.25) is 0 Å². The van der Waals surface area contributed by atoms with Gasteiger partial charge in [-0.2, -0.15) is 0 Å². The van der Waals surface area contributed by atoms with Crippen LogP contribution in [0.15, 0.2) is 18.2 Å². The van der Waals surface area contributed by atoms with E-state index in [9.17, 15) is 9.90 Å². The molecule has 0 spiro atoms. The Labute approximate surface area is 107 Å². The molecule has 0 atom stereocenters. The number of carboxylic acids is 1. The van der Waals surface area contributed by atoms with Crippen molar-refractivity contribution in [2.75, 3.05) is 24.6 Å². The summed E-state index contributed by atoms with van der Waals surface area (Å²) in [4.78, 5) is 13.5. The van der Waals surface area contributed by atoms with Crippen LogP contribution in [0.1, 0.15) is 36.5 Å².